The van der Waals surface area contributed by atoms with Crippen LogP contribution >= 0.6 is 11.3 Å². The van der Waals surface area contributed by atoms with Gasteiger partial charge in [-0.2, -0.15) is 0 Å². The number of likely N-dealkylation sites (N-methyl/N-ethyl adjacent to an activating group) is 2. The standard InChI is InChI=1S/C45H65N7O11S/c1-12-26(4)39(49-44(62)45(7,8)50(9)10)42(59)51(11)33(25(2)3)23-35(63-28(6)53)41-48-32(24-64-41)40(58)46-30(20-27(5)43(60)61)21-29-15-16-34(54)31(22-29)47-36(55)14-13-19-52-37(56)17-18-38(52)57/h15-18,22,24-27,30,33,35,39,54H,12-14,19-21,23H2,1-11H3,(H,46,58)(H,47,55)(H,49,62)(H,60,61)/t26-,27?,30+,33+,35+,39-/m0/s1. The number of carboxylic acid groups (broad SMARTS) is 1. The molecular formula is C45H65N7O11S. The summed E-state index contributed by atoms with van der Waals surface area (Å²) >= 11 is 1.09. The Morgan fingerprint density at radius 2 is 1.61 bits per heavy atom. The number of rotatable bonds is 24. The molecule has 0 fully saturated rings. The van der Waals surface area contributed by atoms with Gasteiger partial charge in [-0.15, -0.1) is 11.3 Å². The number of nitrogens with one attached hydrogen (secondary N) is 3. The molecule has 1 aliphatic rings. The first kappa shape index (κ1) is 52.7. The summed E-state index contributed by atoms with van der Waals surface area (Å²) in [7, 11) is 5.23. The first-order valence-electron chi connectivity index (χ1n) is 21.4. The number of thiazole rings is 1. The van der Waals surface area contributed by atoms with Crippen molar-refractivity contribution >= 4 is 64.4 Å². The number of amides is 6. The normalized spacial score (nSPS) is 15.6. The molecule has 2 aromatic rings. The lowest BCUT2D eigenvalue weighted by atomic mass is 9.92. The van der Waals surface area contributed by atoms with E-state index in [-0.39, 0.29) is 79.4 Å². The third-order valence-electron chi connectivity index (χ3n) is 11.7. The topological polar surface area (TPSA) is 245 Å². The van der Waals surface area contributed by atoms with Crippen molar-refractivity contribution in [2.75, 3.05) is 33.0 Å². The van der Waals surface area contributed by atoms with Crippen molar-refractivity contribution in [3.8, 4) is 5.75 Å². The number of phenols is 1. The highest BCUT2D eigenvalue weighted by molar-refractivity contribution is 7.09. The molecule has 0 bridgehead atoms. The number of aromatic nitrogens is 1. The van der Waals surface area contributed by atoms with E-state index in [1.807, 2.05) is 27.7 Å². The monoisotopic (exact) mass is 911 g/mol. The summed E-state index contributed by atoms with van der Waals surface area (Å²) < 4.78 is 5.76. The Kier molecular flexibility index (Phi) is 19.2. The highest BCUT2D eigenvalue weighted by Crippen LogP contribution is 2.32. The second-order valence-corrected chi connectivity index (χ2v) is 18.4. The number of phenolic OH excluding ortho intramolecular Hbond substituents is 1. The first-order chi connectivity index (χ1) is 29.9. The van der Waals surface area contributed by atoms with Crippen molar-refractivity contribution in [2.45, 2.75) is 124 Å². The summed E-state index contributed by atoms with van der Waals surface area (Å²) in [6, 6.07) is 2.38. The Morgan fingerprint density at radius 3 is 2.17 bits per heavy atom. The summed E-state index contributed by atoms with van der Waals surface area (Å²) in [5.41, 5.74) is -0.262. The minimum Gasteiger partial charge on any atom is -0.506 e. The minimum absolute atomic E-state index is 0.00881. The molecule has 1 aromatic heterocycles. The van der Waals surface area contributed by atoms with E-state index in [1.54, 1.807) is 50.9 Å². The molecule has 6 amide bonds. The van der Waals surface area contributed by atoms with Gasteiger partial charge in [0.05, 0.1) is 17.1 Å². The van der Waals surface area contributed by atoms with Crippen LogP contribution < -0.4 is 16.0 Å². The van der Waals surface area contributed by atoms with Crippen molar-refractivity contribution < 1.29 is 53.3 Å². The number of hydrogen-bond donors (Lipinski definition) is 5. The minimum atomic E-state index is -1.08. The molecule has 352 valence electrons. The number of carboxylic acids is 1. The Morgan fingerprint density at radius 1 is 0.969 bits per heavy atom. The average Bonchev–Trinajstić information content (AvgIpc) is 3.84. The summed E-state index contributed by atoms with van der Waals surface area (Å²) in [5, 5.41) is 30.6. The second-order valence-electron chi connectivity index (χ2n) is 17.5. The quantitative estimate of drug-likeness (QED) is 0.0562. The summed E-state index contributed by atoms with van der Waals surface area (Å²) in [6.07, 6.45) is 2.38. The number of esters is 1. The molecular weight excluding hydrogens is 847 g/mol. The van der Waals surface area contributed by atoms with Crippen LogP contribution in [0.25, 0.3) is 0 Å². The van der Waals surface area contributed by atoms with Crippen molar-refractivity contribution in [1.29, 1.82) is 0 Å². The van der Waals surface area contributed by atoms with Gasteiger partial charge in [-0.25, -0.2) is 4.98 Å². The number of carbonyl (C=O) groups is 8. The Balaban J connectivity index is 1.81. The maximum absolute atomic E-state index is 14.2. The van der Waals surface area contributed by atoms with Crippen LogP contribution in [0, 0.1) is 17.8 Å². The molecule has 1 aliphatic heterocycles. The van der Waals surface area contributed by atoms with Gasteiger partial charge in [0.2, 0.25) is 17.7 Å². The molecule has 3 rings (SSSR count). The Hall–Kier alpha value is -5.69. The van der Waals surface area contributed by atoms with Crippen LogP contribution in [0.4, 0.5) is 5.69 Å². The van der Waals surface area contributed by atoms with Gasteiger partial charge in [-0.1, -0.05) is 47.1 Å². The summed E-state index contributed by atoms with van der Waals surface area (Å²) in [6.45, 7) is 14.1. The first-order valence-corrected chi connectivity index (χ1v) is 22.3. The predicted octanol–water partition coefficient (Wildman–Crippen LogP) is 4.29. The largest absolute Gasteiger partial charge is 0.506 e. The third-order valence-corrected chi connectivity index (χ3v) is 12.7. The Labute approximate surface area is 379 Å². The maximum Gasteiger partial charge on any atom is 0.306 e. The van der Waals surface area contributed by atoms with E-state index in [4.69, 9.17) is 4.74 Å². The molecule has 1 aromatic carbocycles. The van der Waals surface area contributed by atoms with E-state index in [0.29, 0.717) is 17.0 Å². The average molecular weight is 912 g/mol. The number of anilines is 1. The number of ether oxygens (including phenoxy) is 1. The van der Waals surface area contributed by atoms with Crippen LogP contribution in [0.3, 0.4) is 0 Å². The van der Waals surface area contributed by atoms with Crippen LogP contribution in [0.2, 0.25) is 0 Å². The zero-order valence-corrected chi connectivity index (χ0v) is 39.5. The van der Waals surface area contributed by atoms with Crippen LogP contribution in [0.15, 0.2) is 35.7 Å². The molecule has 6 atom stereocenters. The fraction of sp³-hybridized carbons (Fsp3) is 0.578. The highest BCUT2D eigenvalue weighted by Gasteiger charge is 2.39. The number of hydrogen-bond acceptors (Lipinski definition) is 13. The van der Waals surface area contributed by atoms with Crippen LogP contribution in [-0.4, -0.2) is 129 Å². The fourth-order valence-corrected chi connectivity index (χ4v) is 7.80. The SMILES string of the molecule is CC[C@H](C)[C@H](NC(=O)C(C)(C)N(C)C)C(=O)N(C)[C@H](C[C@@H](OC(C)=O)c1nc(C(=O)N[C@@H](Cc2ccc(O)c(NC(=O)CCCN3C(=O)C=CC3=O)c2)CC(C)C(=O)O)cs1)C(C)C. The van der Waals surface area contributed by atoms with E-state index in [0.717, 1.165) is 28.4 Å². The third kappa shape index (κ3) is 14.4. The molecule has 64 heavy (non-hydrogen) atoms. The smallest absolute Gasteiger partial charge is 0.306 e. The molecule has 19 heteroatoms. The van der Waals surface area contributed by atoms with E-state index in [1.165, 1.54) is 31.4 Å². The van der Waals surface area contributed by atoms with Gasteiger partial charge in [0.1, 0.15) is 22.5 Å². The number of benzene rings is 1. The van der Waals surface area contributed by atoms with Gasteiger partial charge in [0.15, 0.2) is 6.10 Å². The van der Waals surface area contributed by atoms with E-state index < -0.39 is 71.3 Å². The molecule has 18 nitrogen and oxygen atoms in total. The molecule has 5 N–H and O–H groups in total. The van der Waals surface area contributed by atoms with Gasteiger partial charge >= 0.3 is 11.9 Å². The van der Waals surface area contributed by atoms with E-state index in [9.17, 15) is 48.6 Å². The van der Waals surface area contributed by atoms with Crippen LogP contribution in [-0.2, 0) is 44.7 Å². The van der Waals surface area contributed by atoms with Gasteiger partial charge in [0, 0.05) is 63.0 Å². The van der Waals surface area contributed by atoms with E-state index >= 15 is 0 Å². The summed E-state index contributed by atoms with van der Waals surface area (Å²) in [4.78, 5) is 111. The zero-order chi connectivity index (χ0) is 48.2. The number of carbonyl (C=O) groups excluding carboxylic acids is 7. The van der Waals surface area contributed by atoms with Gasteiger partial charge < -0.3 is 35.8 Å². The molecule has 1 unspecified atom stereocenters. The molecule has 2 heterocycles. The number of aromatic hydroxyl groups is 1. The molecule has 0 saturated carbocycles. The molecule has 0 aliphatic carbocycles. The van der Waals surface area contributed by atoms with Crippen molar-refractivity contribution in [3.63, 3.8) is 0 Å². The maximum atomic E-state index is 14.2. The Bertz CT molecular complexity index is 2050. The molecule has 0 saturated heterocycles. The van der Waals surface area contributed by atoms with E-state index in [2.05, 4.69) is 20.9 Å². The number of aliphatic carboxylic acids is 1. The van der Waals surface area contributed by atoms with Crippen LogP contribution in [0.1, 0.15) is 115 Å². The van der Waals surface area contributed by atoms with Gasteiger partial charge in [-0.3, -0.25) is 48.2 Å². The highest BCUT2D eigenvalue weighted by atomic mass is 32.1. The summed E-state index contributed by atoms with van der Waals surface area (Å²) in [5.74, 6) is -5.72. The molecule has 0 spiro atoms. The zero-order valence-electron chi connectivity index (χ0n) is 38.7. The predicted molar refractivity (Wildman–Crippen MR) is 240 cm³/mol. The van der Waals surface area contributed by atoms with Gasteiger partial charge in [0.25, 0.3) is 17.7 Å². The lowest BCUT2D eigenvalue weighted by Crippen LogP contribution is -2.60. The van der Waals surface area contributed by atoms with Crippen LogP contribution in [0.5, 0.6) is 5.75 Å². The van der Waals surface area contributed by atoms with Crippen molar-refractivity contribution in [3.05, 3.63) is 52.0 Å². The van der Waals surface area contributed by atoms with Gasteiger partial charge in [-0.05, 0) is 76.7 Å². The second kappa shape index (κ2) is 23.3. The van der Waals surface area contributed by atoms with Crippen molar-refractivity contribution in [1.82, 2.24) is 30.3 Å². The lowest BCUT2D eigenvalue weighted by molar-refractivity contribution is -0.149. The number of nitrogens with zero attached hydrogens (tertiary/aromatic N) is 4. The number of imide groups is 1. The molecule has 0 radical (unpaired) electrons. The fourth-order valence-electron chi connectivity index (χ4n) is 6.96. The lowest BCUT2D eigenvalue weighted by Gasteiger charge is -2.38. The van der Waals surface area contributed by atoms with Crippen molar-refractivity contribution in [2.24, 2.45) is 17.8 Å².